The van der Waals surface area contributed by atoms with Crippen molar-refractivity contribution >= 4 is 23.7 Å². The summed E-state index contributed by atoms with van der Waals surface area (Å²) in [7, 11) is 0. The largest absolute Gasteiger partial charge is 0.508 e. The SMILES string of the molecule is NCCCCC(N)C(=O)NC(Cc1ccc(O)cc1)C(=O)NCC(=O)NCC(=O)O. The summed E-state index contributed by atoms with van der Waals surface area (Å²) >= 11 is 0. The first kappa shape index (κ1) is 24.9. The Bertz CT molecular complexity index is 725. The topological polar surface area (TPSA) is 197 Å². The number of carbonyl (C=O) groups is 4. The van der Waals surface area contributed by atoms with Gasteiger partial charge in [0.2, 0.25) is 17.7 Å². The Morgan fingerprint density at radius 1 is 0.967 bits per heavy atom. The molecule has 11 heteroatoms. The third kappa shape index (κ3) is 9.85. The van der Waals surface area contributed by atoms with Crippen molar-refractivity contribution in [3.63, 3.8) is 0 Å². The molecule has 166 valence electrons. The predicted molar refractivity (Wildman–Crippen MR) is 108 cm³/mol. The van der Waals surface area contributed by atoms with Gasteiger partial charge in [-0.25, -0.2) is 0 Å². The van der Waals surface area contributed by atoms with Gasteiger partial charge in [0.1, 0.15) is 18.3 Å². The van der Waals surface area contributed by atoms with Gasteiger partial charge in [-0.05, 0) is 37.1 Å². The Morgan fingerprint density at radius 3 is 2.23 bits per heavy atom. The van der Waals surface area contributed by atoms with E-state index in [0.29, 0.717) is 24.9 Å². The van der Waals surface area contributed by atoms with Crippen LogP contribution in [0.3, 0.4) is 0 Å². The zero-order chi connectivity index (χ0) is 22.5. The molecular formula is C19H29N5O6. The second kappa shape index (κ2) is 13.1. The van der Waals surface area contributed by atoms with Crippen LogP contribution < -0.4 is 27.4 Å². The molecule has 30 heavy (non-hydrogen) atoms. The molecule has 0 bridgehead atoms. The smallest absolute Gasteiger partial charge is 0.322 e. The summed E-state index contributed by atoms with van der Waals surface area (Å²) in [5.41, 5.74) is 12.0. The molecule has 0 radical (unpaired) electrons. The zero-order valence-corrected chi connectivity index (χ0v) is 16.6. The Balaban J connectivity index is 2.74. The van der Waals surface area contributed by atoms with E-state index in [0.717, 1.165) is 6.42 Å². The molecule has 0 saturated heterocycles. The van der Waals surface area contributed by atoms with Crippen molar-refractivity contribution < 1.29 is 29.4 Å². The van der Waals surface area contributed by atoms with E-state index in [9.17, 15) is 24.3 Å². The minimum atomic E-state index is -1.21. The van der Waals surface area contributed by atoms with Crippen LogP contribution in [-0.4, -0.2) is 65.6 Å². The number of unbranched alkanes of at least 4 members (excludes halogenated alkanes) is 1. The van der Waals surface area contributed by atoms with Gasteiger partial charge in [-0.2, -0.15) is 0 Å². The van der Waals surface area contributed by atoms with E-state index < -0.39 is 48.9 Å². The maximum absolute atomic E-state index is 12.5. The van der Waals surface area contributed by atoms with Gasteiger partial charge < -0.3 is 37.6 Å². The zero-order valence-electron chi connectivity index (χ0n) is 16.6. The number of hydrogen-bond acceptors (Lipinski definition) is 7. The van der Waals surface area contributed by atoms with E-state index in [-0.39, 0.29) is 12.2 Å². The molecular weight excluding hydrogens is 394 g/mol. The fraction of sp³-hybridized carbons (Fsp3) is 0.474. The molecule has 0 aliphatic rings. The maximum atomic E-state index is 12.5. The molecule has 1 aromatic rings. The van der Waals surface area contributed by atoms with Crippen LogP contribution in [0, 0.1) is 0 Å². The van der Waals surface area contributed by atoms with Crippen molar-refractivity contribution in [3.8, 4) is 5.75 Å². The molecule has 0 saturated carbocycles. The molecule has 0 aliphatic heterocycles. The quantitative estimate of drug-likeness (QED) is 0.180. The third-order valence-corrected chi connectivity index (χ3v) is 4.18. The van der Waals surface area contributed by atoms with Crippen molar-refractivity contribution in [1.29, 1.82) is 0 Å². The summed E-state index contributed by atoms with van der Waals surface area (Å²) in [6, 6.07) is 4.26. The Kier molecular flexibility index (Phi) is 10.9. The predicted octanol–water partition coefficient (Wildman–Crippen LogP) is -1.81. The number of nitrogens with two attached hydrogens (primary N) is 2. The average Bonchev–Trinajstić information content (AvgIpc) is 2.71. The first-order valence-corrected chi connectivity index (χ1v) is 9.53. The Hall–Kier alpha value is -3.18. The highest BCUT2D eigenvalue weighted by atomic mass is 16.4. The lowest BCUT2D eigenvalue weighted by Gasteiger charge is -2.21. The lowest BCUT2D eigenvalue weighted by molar-refractivity contribution is -0.138. The molecule has 0 aliphatic carbocycles. The normalized spacial score (nSPS) is 12.5. The number of amides is 3. The van der Waals surface area contributed by atoms with Crippen LogP contribution in [0.1, 0.15) is 24.8 Å². The molecule has 1 rings (SSSR count). The standard InChI is InChI=1S/C19H29N5O6/c20-8-2-1-3-14(21)18(29)24-15(9-12-4-6-13(25)7-5-12)19(30)23-10-16(26)22-11-17(27)28/h4-7,14-15,25H,1-3,8-11,20-21H2,(H,22,26)(H,23,30)(H,24,29)(H,27,28). The van der Waals surface area contributed by atoms with Gasteiger partial charge in [-0.1, -0.05) is 18.6 Å². The average molecular weight is 423 g/mol. The molecule has 11 nitrogen and oxygen atoms in total. The summed E-state index contributed by atoms with van der Waals surface area (Å²) in [5, 5.41) is 25.0. The van der Waals surface area contributed by atoms with Gasteiger partial charge >= 0.3 is 5.97 Å². The van der Waals surface area contributed by atoms with E-state index in [2.05, 4.69) is 16.0 Å². The third-order valence-electron chi connectivity index (χ3n) is 4.18. The number of hydrogen-bond donors (Lipinski definition) is 7. The fourth-order valence-electron chi connectivity index (χ4n) is 2.52. The molecule has 0 spiro atoms. The van der Waals surface area contributed by atoms with E-state index >= 15 is 0 Å². The van der Waals surface area contributed by atoms with E-state index in [1.807, 2.05) is 0 Å². The van der Waals surface area contributed by atoms with E-state index in [4.69, 9.17) is 16.6 Å². The van der Waals surface area contributed by atoms with Crippen molar-refractivity contribution in [2.45, 2.75) is 37.8 Å². The maximum Gasteiger partial charge on any atom is 0.322 e. The highest BCUT2D eigenvalue weighted by Crippen LogP contribution is 2.11. The molecule has 0 heterocycles. The summed E-state index contributed by atoms with van der Waals surface area (Å²) in [6.45, 7) is -0.527. The number of carboxylic acids is 1. The van der Waals surface area contributed by atoms with Gasteiger partial charge in [0.25, 0.3) is 0 Å². The van der Waals surface area contributed by atoms with Crippen LogP contribution in [0.5, 0.6) is 5.75 Å². The monoisotopic (exact) mass is 423 g/mol. The number of aromatic hydroxyl groups is 1. The molecule has 0 fully saturated rings. The number of rotatable bonds is 13. The summed E-state index contributed by atoms with van der Waals surface area (Å²) < 4.78 is 0. The van der Waals surface area contributed by atoms with Crippen LogP contribution in [0.2, 0.25) is 0 Å². The second-order valence-corrected chi connectivity index (χ2v) is 6.71. The van der Waals surface area contributed by atoms with Gasteiger partial charge in [0.15, 0.2) is 0 Å². The van der Waals surface area contributed by atoms with Gasteiger partial charge in [-0.15, -0.1) is 0 Å². The minimum Gasteiger partial charge on any atom is -0.508 e. The van der Waals surface area contributed by atoms with Gasteiger partial charge in [0, 0.05) is 6.42 Å². The van der Waals surface area contributed by atoms with Crippen LogP contribution in [0.4, 0.5) is 0 Å². The highest BCUT2D eigenvalue weighted by molar-refractivity contribution is 5.92. The molecule has 2 atom stereocenters. The summed E-state index contributed by atoms with van der Waals surface area (Å²) in [4.78, 5) is 47.0. The van der Waals surface area contributed by atoms with Crippen molar-refractivity contribution in [2.75, 3.05) is 19.6 Å². The summed E-state index contributed by atoms with van der Waals surface area (Å²) in [5.74, 6) is -2.98. The van der Waals surface area contributed by atoms with Crippen molar-refractivity contribution in [2.24, 2.45) is 11.5 Å². The van der Waals surface area contributed by atoms with E-state index in [1.165, 1.54) is 12.1 Å². The molecule has 9 N–H and O–H groups in total. The molecule has 0 aromatic heterocycles. The highest BCUT2D eigenvalue weighted by Gasteiger charge is 2.24. The number of aliphatic carboxylic acids is 1. The number of benzene rings is 1. The van der Waals surface area contributed by atoms with Crippen LogP contribution >= 0.6 is 0 Å². The number of carboxylic acid groups (broad SMARTS) is 1. The molecule has 3 amide bonds. The summed E-state index contributed by atoms with van der Waals surface area (Å²) in [6.07, 6.45) is 1.91. The van der Waals surface area contributed by atoms with Gasteiger partial charge in [-0.3, -0.25) is 19.2 Å². The van der Waals surface area contributed by atoms with Crippen molar-refractivity contribution in [1.82, 2.24) is 16.0 Å². The Labute approximate surface area is 174 Å². The number of phenols is 1. The van der Waals surface area contributed by atoms with Gasteiger partial charge in [0.05, 0.1) is 12.6 Å². The second-order valence-electron chi connectivity index (χ2n) is 6.71. The molecule has 2 unspecified atom stereocenters. The first-order valence-electron chi connectivity index (χ1n) is 9.53. The number of phenolic OH excluding ortho intramolecular Hbond substituents is 1. The van der Waals surface area contributed by atoms with Crippen LogP contribution in [-0.2, 0) is 25.6 Å². The molecule has 1 aromatic carbocycles. The van der Waals surface area contributed by atoms with E-state index in [1.54, 1.807) is 12.1 Å². The van der Waals surface area contributed by atoms with Crippen LogP contribution in [0.25, 0.3) is 0 Å². The first-order chi connectivity index (χ1) is 14.2. The number of carbonyl (C=O) groups excluding carboxylic acids is 3. The fourth-order valence-corrected chi connectivity index (χ4v) is 2.52. The Morgan fingerprint density at radius 2 is 1.63 bits per heavy atom. The van der Waals surface area contributed by atoms with Crippen LogP contribution in [0.15, 0.2) is 24.3 Å². The minimum absolute atomic E-state index is 0.0563. The lowest BCUT2D eigenvalue weighted by Crippen LogP contribution is -2.53. The number of nitrogens with one attached hydrogen (secondary N) is 3. The lowest BCUT2D eigenvalue weighted by atomic mass is 10.0. The van der Waals surface area contributed by atoms with Crippen molar-refractivity contribution in [3.05, 3.63) is 29.8 Å².